The van der Waals surface area contributed by atoms with Crippen LogP contribution in [0.15, 0.2) is 46.9 Å². The molecule has 0 amide bonds. The average Bonchev–Trinajstić information content (AvgIpc) is 2.81. The zero-order chi connectivity index (χ0) is 14.8. The van der Waals surface area contributed by atoms with E-state index in [1.807, 2.05) is 36.4 Å². The van der Waals surface area contributed by atoms with Gasteiger partial charge in [-0.1, -0.05) is 51.8 Å². The number of aromatic nitrogens is 2. The van der Waals surface area contributed by atoms with Crippen LogP contribution in [0.3, 0.4) is 0 Å². The second-order valence-corrected chi connectivity index (χ2v) is 6.39. The van der Waals surface area contributed by atoms with Gasteiger partial charge in [-0.2, -0.15) is 0 Å². The Labute approximate surface area is 141 Å². The summed E-state index contributed by atoms with van der Waals surface area (Å²) in [4.78, 5) is 4.67. The number of halogens is 3. The van der Waals surface area contributed by atoms with Gasteiger partial charge < -0.3 is 4.57 Å². The van der Waals surface area contributed by atoms with Crippen molar-refractivity contribution in [3.63, 3.8) is 0 Å². The highest BCUT2D eigenvalue weighted by molar-refractivity contribution is 9.10. The topological polar surface area (TPSA) is 17.8 Å². The van der Waals surface area contributed by atoms with E-state index >= 15 is 0 Å². The van der Waals surface area contributed by atoms with Gasteiger partial charge in [-0.3, -0.25) is 0 Å². The van der Waals surface area contributed by atoms with Gasteiger partial charge in [0.05, 0.1) is 22.6 Å². The number of aryl methyl sites for hydroxylation is 1. The minimum atomic E-state index is 0.539. The first-order valence-corrected chi connectivity index (χ1v) is 8.34. The molecule has 0 radical (unpaired) electrons. The minimum Gasteiger partial charge on any atom is -0.322 e. The molecule has 0 saturated heterocycles. The van der Waals surface area contributed by atoms with E-state index in [4.69, 9.17) is 23.2 Å². The number of alkyl halides is 1. The highest BCUT2D eigenvalue weighted by Crippen LogP contribution is 2.27. The Balaban J connectivity index is 2.15. The molecule has 3 rings (SSSR count). The number of hydrogen-bond donors (Lipinski definition) is 0. The molecule has 0 atom stereocenters. The maximum absolute atomic E-state index is 6.38. The van der Waals surface area contributed by atoms with Crippen LogP contribution in [0.1, 0.15) is 11.4 Å². The summed E-state index contributed by atoms with van der Waals surface area (Å²) in [5.41, 5.74) is 3.07. The molecule has 0 saturated carbocycles. The fourth-order valence-corrected chi connectivity index (χ4v) is 3.28. The Morgan fingerprint density at radius 1 is 1.10 bits per heavy atom. The normalized spacial score (nSPS) is 11.2. The number of rotatable bonds is 4. The Bertz CT molecular complexity index is 783. The second-order valence-electron chi connectivity index (χ2n) is 4.75. The van der Waals surface area contributed by atoms with Crippen LogP contribution < -0.4 is 0 Å². The van der Waals surface area contributed by atoms with Gasteiger partial charge in [-0.25, -0.2) is 4.98 Å². The van der Waals surface area contributed by atoms with Crippen LogP contribution in [0, 0.1) is 0 Å². The molecule has 0 spiro atoms. The summed E-state index contributed by atoms with van der Waals surface area (Å²) in [5, 5.41) is 0.716. The molecule has 0 bridgehead atoms. The average molecular weight is 384 g/mol. The predicted octanol–water partition coefficient (Wildman–Crippen LogP) is 5.28. The molecule has 0 unspecified atom stereocenters. The van der Waals surface area contributed by atoms with E-state index in [1.165, 1.54) is 5.56 Å². The van der Waals surface area contributed by atoms with Crippen LogP contribution in [0.5, 0.6) is 0 Å². The summed E-state index contributed by atoms with van der Waals surface area (Å²) >= 11 is 15.9. The van der Waals surface area contributed by atoms with Crippen molar-refractivity contribution in [2.45, 2.75) is 13.0 Å². The fraction of sp³-hybridized carbons (Fsp3) is 0.188. The van der Waals surface area contributed by atoms with Crippen LogP contribution in [0.2, 0.25) is 5.02 Å². The number of benzene rings is 2. The molecule has 0 aliphatic carbocycles. The predicted molar refractivity (Wildman–Crippen MR) is 92.4 cm³/mol. The molecule has 1 aromatic heterocycles. The second kappa shape index (κ2) is 6.39. The van der Waals surface area contributed by atoms with Crippen molar-refractivity contribution in [1.82, 2.24) is 9.55 Å². The van der Waals surface area contributed by atoms with Gasteiger partial charge in [0.25, 0.3) is 0 Å². The lowest BCUT2D eigenvalue weighted by molar-refractivity contribution is 0.752. The molecule has 21 heavy (non-hydrogen) atoms. The first kappa shape index (κ1) is 14.9. The van der Waals surface area contributed by atoms with Crippen molar-refractivity contribution in [1.29, 1.82) is 0 Å². The third-order valence-corrected chi connectivity index (χ3v) is 4.67. The fourth-order valence-electron chi connectivity index (χ4n) is 2.43. The van der Waals surface area contributed by atoms with E-state index in [-0.39, 0.29) is 0 Å². The van der Waals surface area contributed by atoms with Crippen LogP contribution in [-0.4, -0.2) is 15.4 Å². The van der Waals surface area contributed by atoms with E-state index < -0.39 is 0 Å². The molecule has 0 aliphatic rings. The lowest BCUT2D eigenvalue weighted by Crippen LogP contribution is -2.06. The summed E-state index contributed by atoms with van der Waals surface area (Å²) in [7, 11) is 0. The minimum absolute atomic E-state index is 0.539. The Hall–Kier alpha value is -1.03. The maximum atomic E-state index is 6.38. The molecular weight excluding hydrogens is 371 g/mol. The number of imidazole rings is 1. The molecule has 0 fully saturated rings. The van der Waals surface area contributed by atoms with E-state index in [0.717, 1.165) is 27.8 Å². The lowest BCUT2D eigenvalue weighted by Gasteiger charge is -2.11. The standard InChI is InChI=1S/C16H13BrCl2N2/c17-12-5-2-1-4-11(12)10-21-15(8-9-18)20-14-7-3-6-13(19)16(14)21/h1-7H,8-10H2. The highest BCUT2D eigenvalue weighted by atomic mass is 79.9. The first-order chi connectivity index (χ1) is 10.2. The quantitative estimate of drug-likeness (QED) is 0.560. The maximum Gasteiger partial charge on any atom is 0.111 e. The van der Waals surface area contributed by atoms with E-state index in [2.05, 4.69) is 31.5 Å². The van der Waals surface area contributed by atoms with Gasteiger partial charge in [0, 0.05) is 16.8 Å². The van der Waals surface area contributed by atoms with E-state index in [0.29, 0.717) is 17.4 Å². The van der Waals surface area contributed by atoms with Crippen molar-refractivity contribution < 1.29 is 0 Å². The molecule has 0 aliphatic heterocycles. The van der Waals surface area contributed by atoms with Crippen LogP contribution in [-0.2, 0) is 13.0 Å². The van der Waals surface area contributed by atoms with Crippen molar-refractivity contribution in [3.05, 3.63) is 63.3 Å². The van der Waals surface area contributed by atoms with Gasteiger partial charge in [0.2, 0.25) is 0 Å². The molecule has 0 N–H and O–H groups in total. The summed E-state index contributed by atoms with van der Waals surface area (Å²) < 4.78 is 3.23. The van der Waals surface area contributed by atoms with Crippen LogP contribution >= 0.6 is 39.1 Å². The smallest absolute Gasteiger partial charge is 0.111 e. The molecule has 108 valence electrons. The molecule has 2 nitrogen and oxygen atoms in total. The van der Waals surface area contributed by atoms with Crippen LogP contribution in [0.4, 0.5) is 0 Å². The molecule has 3 aromatic rings. The van der Waals surface area contributed by atoms with Gasteiger partial charge >= 0.3 is 0 Å². The SMILES string of the molecule is ClCCc1nc2cccc(Cl)c2n1Cc1ccccc1Br. The number of hydrogen-bond acceptors (Lipinski definition) is 1. The zero-order valence-corrected chi connectivity index (χ0v) is 14.3. The number of nitrogens with zero attached hydrogens (tertiary/aromatic N) is 2. The van der Waals surface area contributed by atoms with Gasteiger partial charge in [-0.05, 0) is 23.8 Å². The summed E-state index contributed by atoms with van der Waals surface area (Å²) in [6, 6.07) is 14.0. The van der Waals surface area contributed by atoms with Crippen molar-refractivity contribution in [2.75, 3.05) is 5.88 Å². The third kappa shape index (κ3) is 2.96. The van der Waals surface area contributed by atoms with Crippen molar-refractivity contribution >= 4 is 50.2 Å². The summed E-state index contributed by atoms with van der Waals surface area (Å²) in [6.07, 6.45) is 0.719. The van der Waals surface area contributed by atoms with E-state index in [9.17, 15) is 0 Å². The van der Waals surface area contributed by atoms with Crippen molar-refractivity contribution in [2.24, 2.45) is 0 Å². The zero-order valence-electron chi connectivity index (χ0n) is 11.2. The van der Waals surface area contributed by atoms with Crippen LogP contribution in [0.25, 0.3) is 11.0 Å². The third-order valence-electron chi connectivity index (χ3n) is 3.40. The monoisotopic (exact) mass is 382 g/mol. The largest absolute Gasteiger partial charge is 0.322 e. The van der Waals surface area contributed by atoms with Gasteiger partial charge in [0.1, 0.15) is 5.82 Å². The molecule has 1 heterocycles. The van der Waals surface area contributed by atoms with Gasteiger partial charge in [0.15, 0.2) is 0 Å². The lowest BCUT2D eigenvalue weighted by atomic mass is 10.2. The Morgan fingerprint density at radius 3 is 2.67 bits per heavy atom. The summed E-state index contributed by atoms with van der Waals surface area (Å²) in [5.74, 6) is 1.50. The van der Waals surface area contributed by atoms with E-state index in [1.54, 1.807) is 0 Å². The Kier molecular flexibility index (Phi) is 4.53. The summed E-state index contributed by atoms with van der Waals surface area (Å²) in [6.45, 7) is 0.716. The van der Waals surface area contributed by atoms with Gasteiger partial charge in [-0.15, -0.1) is 11.6 Å². The molecular formula is C16H13BrCl2N2. The first-order valence-electron chi connectivity index (χ1n) is 6.63. The molecule has 5 heteroatoms. The number of fused-ring (bicyclic) bond motifs is 1. The highest BCUT2D eigenvalue weighted by Gasteiger charge is 2.14. The Morgan fingerprint density at radius 2 is 1.90 bits per heavy atom. The number of para-hydroxylation sites is 1. The van der Waals surface area contributed by atoms with Crippen molar-refractivity contribution in [3.8, 4) is 0 Å². The molecule has 2 aromatic carbocycles.